The molecule has 0 aliphatic carbocycles. The lowest BCUT2D eigenvalue weighted by Gasteiger charge is -2.27. The fourth-order valence-corrected chi connectivity index (χ4v) is 4.17. The van der Waals surface area contributed by atoms with E-state index in [0.29, 0.717) is 31.3 Å². The number of rotatable bonds is 15. The second-order valence-corrected chi connectivity index (χ2v) is 9.57. The molecule has 3 rings (SSSR count). The summed E-state index contributed by atoms with van der Waals surface area (Å²) in [5, 5.41) is 15.2. The lowest BCUT2D eigenvalue weighted by molar-refractivity contribution is 0.00791. The van der Waals surface area contributed by atoms with Crippen LogP contribution in [0.3, 0.4) is 0 Å². The van der Waals surface area contributed by atoms with Crippen molar-refractivity contribution in [2.75, 3.05) is 37.7 Å². The number of ether oxygens (including phenoxy) is 1. The Bertz CT molecular complexity index is 1020. The molecule has 1 N–H and O–H groups in total. The highest BCUT2D eigenvalue weighted by Crippen LogP contribution is 2.33. The molecule has 3 aromatic rings. The van der Waals surface area contributed by atoms with Gasteiger partial charge in [0.25, 0.3) is 0 Å². The van der Waals surface area contributed by atoms with Crippen molar-refractivity contribution in [2.45, 2.75) is 53.4 Å². The third-order valence-electron chi connectivity index (χ3n) is 6.23. The normalized spacial score (nSPS) is 12.4. The molecule has 2 aromatic carbocycles. The Morgan fingerprint density at radius 1 is 1.03 bits per heavy atom. The highest BCUT2D eigenvalue weighted by atomic mass is 19.1. The third kappa shape index (κ3) is 8.15. The van der Waals surface area contributed by atoms with E-state index in [9.17, 15) is 9.50 Å². The summed E-state index contributed by atoms with van der Waals surface area (Å²) < 4.78 is 25.2. The van der Waals surface area contributed by atoms with Gasteiger partial charge < -0.3 is 19.3 Å². The fourth-order valence-electron chi connectivity index (χ4n) is 4.17. The van der Waals surface area contributed by atoms with E-state index in [1.807, 2.05) is 30.3 Å². The first kappa shape index (κ1) is 27.8. The van der Waals surface area contributed by atoms with Gasteiger partial charge in [0.2, 0.25) is 5.88 Å². The van der Waals surface area contributed by atoms with Gasteiger partial charge in [0.05, 0.1) is 24.9 Å². The molecule has 0 saturated carbocycles. The van der Waals surface area contributed by atoms with Crippen LogP contribution in [0.15, 0.2) is 59.1 Å². The number of aliphatic hydroxyl groups is 1. The van der Waals surface area contributed by atoms with Crippen molar-refractivity contribution in [1.82, 2.24) is 10.1 Å². The van der Waals surface area contributed by atoms with E-state index in [2.05, 4.69) is 42.7 Å². The van der Waals surface area contributed by atoms with Gasteiger partial charge in [-0.25, -0.2) is 4.39 Å². The standard InChI is InChI=1S/C29H40FN3O3/c1-5-33(6-2)29-27(28(31-36-29)24-12-14-25(30)15-13-24)19-32(17-16-22(3)4)18-26(34)21-35-20-23-10-8-7-9-11-23/h7-15,22,26,34H,5-6,16-21H2,1-4H3/t26-/m1/s1. The molecule has 6 nitrogen and oxygen atoms in total. The molecule has 7 heteroatoms. The molecule has 0 aliphatic rings. The Kier molecular flexibility index (Phi) is 10.9. The summed E-state index contributed by atoms with van der Waals surface area (Å²) in [6, 6.07) is 16.3. The van der Waals surface area contributed by atoms with Gasteiger partial charge in [-0.15, -0.1) is 0 Å². The van der Waals surface area contributed by atoms with E-state index in [0.717, 1.165) is 48.6 Å². The highest BCUT2D eigenvalue weighted by molar-refractivity contribution is 5.68. The predicted octanol–water partition coefficient (Wildman–Crippen LogP) is 5.75. The van der Waals surface area contributed by atoms with Crippen LogP contribution in [0, 0.1) is 11.7 Å². The minimum Gasteiger partial charge on any atom is -0.389 e. The van der Waals surface area contributed by atoms with Crippen molar-refractivity contribution in [3.8, 4) is 11.3 Å². The number of aromatic nitrogens is 1. The summed E-state index contributed by atoms with van der Waals surface area (Å²) in [4.78, 5) is 4.37. The monoisotopic (exact) mass is 497 g/mol. The molecular weight excluding hydrogens is 457 g/mol. The van der Waals surface area contributed by atoms with Gasteiger partial charge in [0.15, 0.2) is 0 Å². The molecule has 0 radical (unpaired) electrons. The topological polar surface area (TPSA) is 62.0 Å². The summed E-state index contributed by atoms with van der Waals surface area (Å²) in [5.41, 5.74) is 3.55. The fraction of sp³-hybridized carbons (Fsp3) is 0.483. The molecule has 0 saturated heterocycles. The van der Waals surface area contributed by atoms with Crippen molar-refractivity contribution in [3.63, 3.8) is 0 Å². The van der Waals surface area contributed by atoms with E-state index in [-0.39, 0.29) is 12.4 Å². The smallest absolute Gasteiger partial charge is 0.232 e. The molecule has 0 bridgehead atoms. The molecule has 0 amide bonds. The number of halogens is 1. The first-order valence-corrected chi connectivity index (χ1v) is 12.9. The predicted molar refractivity (Wildman–Crippen MR) is 142 cm³/mol. The van der Waals surface area contributed by atoms with Crippen LogP contribution in [0.4, 0.5) is 10.3 Å². The van der Waals surface area contributed by atoms with Crippen LogP contribution in [0.1, 0.15) is 45.2 Å². The van der Waals surface area contributed by atoms with Gasteiger partial charge in [0.1, 0.15) is 11.5 Å². The van der Waals surface area contributed by atoms with Crippen molar-refractivity contribution in [3.05, 3.63) is 71.5 Å². The zero-order chi connectivity index (χ0) is 25.9. The maximum Gasteiger partial charge on any atom is 0.232 e. The van der Waals surface area contributed by atoms with E-state index < -0.39 is 6.10 Å². The van der Waals surface area contributed by atoms with Crippen molar-refractivity contribution < 1.29 is 18.8 Å². The Morgan fingerprint density at radius 3 is 2.36 bits per heavy atom. The average Bonchev–Trinajstić information content (AvgIpc) is 3.27. The zero-order valence-electron chi connectivity index (χ0n) is 22.0. The summed E-state index contributed by atoms with van der Waals surface area (Å²) in [7, 11) is 0. The van der Waals surface area contributed by atoms with Gasteiger partial charge in [0, 0.05) is 31.7 Å². The van der Waals surface area contributed by atoms with Gasteiger partial charge in [-0.2, -0.15) is 0 Å². The number of aliphatic hydroxyl groups excluding tert-OH is 1. The average molecular weight is 498 g/mol. The molecule has 1 atom stereocenters. The molecule has 0 aliphatic heterocycles. The van der Waals surface area contributed by atoms with E-state index in [1.54, 1.807) is 12.1 Å². The number of anilines is 1. The maximum atomic E-state index is 13.6. The molecule has 196 valence electrons. The second-order valence-electron chi connectivity index (χ2n) is 9.57. The summed E-state index contributed by atoms with van der Waals surface area (Å²) in [5.74, 6) is 0.967. The Hall–Kier alpha value is -2.74. The van der Waals surface area contributed by atoms with Crippen LogP contribution < -0.4 is 4.90 Å². The Morgan fingerprint density at radius 2 is 1.72 bits per heavy atom. The zero-order valence-corrected chi connectivity index (χ0v) is 22.0. The van der Waals surface area contributed by atoms with Crippen molar-refractivity contribution >= 4 is 5.88 Å². The van der Waals surface area contributed by atoms with Gasteiger partial charge in [-0.1, -0.05) is 49.3 Å². The van der Waals surface area contributed by atoms with Crippen LogP contribution >= 0.6 is 0 Å². The van der Waals surface area contributed by atoms with E-state index in [4.69, 9.17) is 9.26 Å². The lowest BCUT2D eigenvalue weighted by atomic mass is 10.1. The van der Waals surface area contributed by atoms with Crippen LogP contribution in [0.2, 0.25) is 0 Å². The quantitative estimate of drug-likeness (QED) is 0.288. The van der Waals surface area contributed by atoms with Crippen LogP contribution in [-0.2, 0) is 17.9 Å². The first-order chi connectivity index (χ1) is 17.4. The number of hydrogen-bond donors (Lipinski definition) is 1. The minimum absolute atomic E-state index is 0.254. The summed E-state index contributed by atoms with van der Waals surface area (Å²) in [6.45, 7) is 12.7. The first-order valence-electron chi connectivity index (χ1n) is 12.9. The highest BCUT2D eigenvalue weighted by Gasteiger charge is 2.24. The second kappa shape index (κ2) is 14.1. The third-order valence-corrected chi connectivity index (χ3v) is 6.23. The molecular formula is C29H40FN3O3. The van der Waals surface area contributed by atoms with Gasteiger partial charge >= 0.3 is 0 Å². The molecule has 1 aromatic heterocycles. The SMILES string of the molecule is CCN(CC)c1onc(-c2ccc(F)cc2)c1CN(CCC(C)C)C[C@@H](O)COCc1ccccc1. The summed E-state index contributed by atoms with van der Waals surface area (Å²) in [6.07, 6.45) is 0.363. The van der Waals surface area contributed by atoms with Crippen LogP contribution in [-0.4, -0.2) is 54.1 Å². The Balaban J connectivity index is 1.78. The number of benzene rings is 2. The van der Waals surface area contributed by atoms with Crippen molar-refractivity contribution in [2.24, 2.45) is 5.92 Å². The number of nitrogens with zero attached hydrogens (tertiary/aromatic N) is 3. The molecule has 1 heterocycles. The van der Waals surface area contributed by atoms with Crippen LogP contribution in [0.25, 0.3) is 11.3 Å². The van der Waals surface area contributed by atoms with E-state index >= 15 is 0 Å². The van der Waals surface area contributed by atoms with Gasteiger partial charge in [-0.3, -0.25) is 4.90 Å². The lowest BCUT2D eigenvalue weighted by Crippen LogP contribution is -2.36. The maximum absolute atomic E-state index is 13.6. The molecule has 0 unspecified atom stereocenters. The molecule has 0 fully saturated rings. The molecule has 0 spiro atoms. The largest absolute Gasteiger partial charge is 0.389 e. The Labute approximate surface area is 214 Å². The molecule has 36 heavy (non-hydrogen) atoms. The number of hydrogen-bond acceptors (Lipinski definition) is 6. The van der Waals surface area contributed by atoms with Crippen LogP contribution in [0.5, 0.6) is 0 Å². The summed E-state index contributed by atoms with van der Waals surface area (Å²) >= 11 is 0. The minimum atomic E-state index is -0.632. The van der Waals surface area contributed by atoms with Gasteiger partial charge in [-0.05, 0) is 62.6 Å². The van der Waals surface area contributed by atoms with Crippen molar-refractivity contribution in [1.29, 1.82) is 0 Å². The van der Waals surface area contributed by atoms with E-state index in [1.165, 1.54) is 12.1 Å².